The van der Waals surface area contributed by atoms with Crippen molar-refractivity contribution in [3.05, 3.63) is 59.9 Å². The molecule has 0 bridgehead atoms. The molecule has 1 atom stereocenters. The van der Waals surface area contributed by atoms with Gasteiger partial charge in [-0.3, -0.25) is 9.59 Å². The highest BCUT2D eigenvalue weighted by Gasteiger charge is 2.29. The Balaban J connectivity index is 1.65. The van der Waals surface area contributed by atoms with Gasteiger partial charge in [-0.05, 0) is 49.2 Å². The van der Waals surface area contributed by atoms with E-state index in [1.165, 1.54) is 36.4 Å². The standard InChI is InChI=1S/C19H19FN2O3/c20-15-8-6-13(7-9-15)19(25)22-10-2-3-14(12-22)18(24)21-16-4-1-5-17(23)11-16/h1,4-9,11,14,23H,2-3,10,12H2,(H,21,24). The topological polar surface area (TPSA) is 69.6 Å². The van der Waals surface area contributed by atoms with Crippen molar-refractivity contribution in [2.75, 3.05) is 18.4 Å². The molecule has 3 rings (SSSR count). The molecule has 0 aliphatic carbocycles. The number of rotatable bonds is 3. The predicted molar refractivity (Wildman–Crippen MR) is 91.8 cm³/mol. The fourth-order valence-electron chi connectivity index (χ4n) is 2.98. The predicted octanol–water partition coefficient (Wildman–Crippen LogP) is 3.02. The number of hydrogen-bond donors (Lipinski definition) is 2. The van der Waals surface area contributed by atoms with Gasteiger partial charge in [-0.1, -0.05) is 6.07 Å². The summed E-state index contributed by atoms with van der Waals surface area (Å²) in [6.45, 7) is 0.896. The van der Waals surface area contributed by atoms with Crippen LogP contribution in [0.15, 0.2) is 48.5 Å². The van der Waals surface area contributed by atoms with E-state index in [0.29, 0.717) is 30.8 Å². The normalized spacial score (nSPS) is 17.2. The Bertz CT molecular complexity index is 776. The first kappa shape index (κ1) is 17.0. The van der Waals surface area contributed by atoms with Crippen molar-refractivity contribution in [3.63, 3.8) is 0 Å². The molecule has 130 valence electrons. The van der Waals surface area contributed by atoms with Crippen LogP contribution in [0, 0.1) is 11.7 Å². The first-order valence-electron chi connectivity index (χ1n) is 8.17. The Labute approximate surface area is 145 Å². The molecule has 5 nitrogen and oxygen atoms in total. The molecule has 1 saturated heterocycles. The third kappa shape index (κ3) is 4.15. The zero-order chi connectivity index (χ0) is 17.8. The van der Waals surface area contributed by atoms with Gasteiger partial charge < -0.3 is 15.3 Å². The number of carbonyl (C=O) groups is 2. The number of benzene rings is 2. The summed E-state index contributed by atoms with van der Waals surface area (Å²) >= 11 is 0. The summed E-state index contributed by atoms with van der Waals surface area (Å²) in [5.74, 6) is -1.01. The van der Waals surface area contributed by atoms with Crippen LogP contribution in [0.4, 0.5) is 10.1 Å². The van der Waals surface area contributed by atoms with Gasteiger partial charge in [-0.2, -0.15) is 0 Å². The average Bonchev–Trinajstić information content (AvgIpc) is 2.62. The molecule has 2 aromatic rings. The van der Waals surface area contributed by atoms with Gasteiger partial charge >= 0.3 is 0 Å². The van der Waals surface area contributed by atoms with Crippen LogP contribution >= 0.6 is 0 Å². The second-order valence-corrected chi connectivity index (χ2v) is 6.14. The molecule has 0 aromatic heterocycles. The molecule has 25 heavy (non-hydrogen) atoms. The summed E-state index contributed by atoms with van der Waals surface area (Å²) in [6, 6.07) is 11.8. The fourth-order valence-corrected chi connectivity index (χ4v) is 2.98. The molecule has 2 N–H and O–H groups in total. The quantitative estimate of drug-likeness (QED) is 0.901. The number of halogens is 1. The molecule has 1 fully saturated rings. The number of likely N-dealkylation sites (tertiary alicyclic amines) is 1. The highest BCUT2D eigenvalue weighted by molar-refractivity contribution is 5.96. The van der Waals surface area contributed by atoms with Crippen molar-refractivity contribution in [2.24, 2.45) is 5.92 Å². The Hall–Kier alpha value is -2.89. The minimum atomic E-state index is -0.390. The molecule has 6 heteroatoms. The second-order valence-electron chi connectivity index (χ2n) is 6.14. The lowest BCUT2D eigenvalue weighted by Crippen LogP contribution is -2.43. The van der Waals surface area contributed by atoms with Gasteiger partial charge in [0.15, 0.2) is 0 Å². The number of aromatic hydroxyl groups is 1. The van der Waals surface area contributed by atoms with Crippen LogP contribution in [0.1, 0.15) is 23.2 Å². The number of anilines is 1. The van der Waals surface area contributed by atoms with E-state index in [9.17, 15) is 19.1 Å². The van der Waals surface area contributed by atoms with Crippen LogP contribution < -0.4 is 5.32 Å². The SMILES string of the molecule is O=C(Nc1cccc(O)c1)C1CCCN(C(=O)c2ccc(F)cc2)C1. The molecule has 1 heterocycles. The van der Waals surface area contributed by atoms with Crippen LogP contribution in [0.3, 0.4) is 0 Å². The van der Waals surface area contributed by atoms with E-state index >= 15 is 0 Å². The van der Waals surface area contributed by atoms with Gasteiger partial charge in [-0.15, -0.1) is 0 Å². The van der Waals surface area contributed by atoms with Gasteiger partial charge in [0.2, 0.25) is 5.91 Å². The maximum Gasteiger partial charge on any atom is 0.253 e. The van der Waals surface area contributed by atoms with Crippen molar-refractivity contribution in [1.29, 1.82) is 0 Å². The first-order chi connectivity index (χ1) is 12.0. The summed E-state index contributed by atoms with van der Waals surface area (Å²) in [4.78, 5) is 26.6. The monoisotopic (exact) mass is 342 g/mol. The molecular formula is C19H19FN2O3. The van der Waals surface area contributed by atoms with Gasteiger partial charge in [0.1, 0.15) is 11.6 Å². The van der Waals surface area contributed by atoms with Crippen molar-refractivity contribution in [1.82, 2.24) is 4.90 Å². The van der Waals surface area contributed by atoms with E-state index in [4.69, 9.17) is 0 Å². The van der Waals surface area contributed by atoms with Gasteiger partial charge in [0.05, 0.1) is 5.92 Å². The summed E-state index contributed by atoms with van der Waals surface area (Å²) in [7, 11) is 0. The Morgan fingerprint density at radius 1 is 1.16 bits per heavy atom. The Kier molecular flexibility index (Phi) is 4.97. The molecule has 2 aromatic carbocycles. The molecule has 0 radical (unpaired) electrons. The van der Waals surface area contributed by atoms with E-state index in [0.717, 1.165) is 6.42 Å². The number of nitrogens with one attached hydrogen (secondary N) is 1. The smallest absolute Gasteiger partial charge is 0.253 e. The number of carbonyl (C=O) groups excluding carboxylic acids is 2. The van der Waals surface area contributed by atoms with Crippen molar-refractivity contribution in [3.8, 4) is 5.75 Å². The largest absolute Gasteiger partial charge is 0.508 e. The van der Waals surface area contributed by atoms with E-state index in [-0.39, 0.29) is 23.5 Å². The number of piperidine rings is 1. The molecule has 0 spiro atoms. The van der Waals surface area contributed by atoms with Crippen LogP contribution in [0.5, 0.6) is 5.75 Å². The summed E-state index contributed by atoms with van der Waals surface area (Å²) < 4.78 is 13.0. The molecular weight excluding hydrogens is 323 g/mol. The summed E-state index contributed by atoms with van der Waals surface area (Å²) in [6.07, 6.45) is 1.42. The van der Waals surface area contributed by atoms with Crippen molar-refractivity contribution in [2.45, 2.75) is 12.8 Å². The van der Waals surface area contributed by atoms with E-state index in [1.54, 1.807) is 17.0 Å². The van der Waals surface area contributed by atoms with E-state index < -0.39 is 5.82 Å². The lowest BCUT2D eigenvalue weighted by atomic mass is 9.96. The third-order valence-electron chi connectivity index (χ3n) is 4.28. The number of phenols is 1. The number of amides is 2. The van der Waals surface area contributed by atoms with Gasteiger partial charge in [0, 0.05) is 30.4 Å². The zero-order valence-corrected chi connectivity index (χ0v) is 13.6. The van der Waals surface area contributed by atoms with Crippen LogP contribution in [-0.2, 0) is 4.79 Å². The third-order valence-corrected chi connectivity index (χ3v) is 4.28. The lowest BCUT2D eigenvalue weighted by molar-refractivity contribution is -0.121. The molecule has 1 aliphatic rings. The average molecular weight is 342 g/mol. The highest BCUT2D eigenvalue weighted by Crippen LogP contribution is 2.22. The first-order valence-corrected chi connectivity index (χ1v) is 8.17. The lowest BCUT2D eigenvalue weighted by Gasteiger charge is -2.32. The van der Waals surface area contributed by atoms with Crippen LogP contribution in [0.2, 0.25) is 0 Å². The summed E-state index contributed by atoms with van der Waals surface area (Å²) in [5, 5.41) is 12.2. The maximum atomic E-state index is 13.0. The number of hydrogen-bond acceptors (Lipinski definition) is 3. The van der Waals surface area contributed by atoms with Gasteiger partial charge in [-0.25, -0.2) is 4.39 Å². The van der Waals surface area contributed by atoms with Gasteiger partial charge in [0.25, 0.3) is 5.91 Å². The summed E-state index contributed by atoms with van der Waals surface area (Å²) in [5.41, 5.74) is 0.933. The fraction of sp³-hybridized carbons (Fsp3) is 0.263. The highest BCUT2D eigenvalue weighted by atomic mass is 19.1. The number of nitrogens with zero attached hydrogens (tertiary/aromatic N) is 1. The molecule has 1 unspecified atom stereocenters. The molecule has 0 saturated carbocycles. The van der Waals surface area contributed by atoms with Crippen LogP contribution in [-0.4, -0.2) is 34.9 Å². The molecule has 2 amide bonds. The van der Waals surface area contributed by atoms with Crippen molar-refractivity contribution >= 4 is 17.5 Å². The van der Waals surface area contributed by atoms with E-state index in [2.05, 4.69) is 5.32 Å². The van der Waals surface area contributed by atoms with Crippen molar-refractivity contribution < 1.29 is 19.1 Å². The Morgan fingerprint density at radius 2 is 1.92 bits per heavy atom. The zero-order valence-electron chi connectivity index (χ0n) is 13.6. The molecule has 1 aliphatic heterocycles. The number of phenolic OH excluding ortho intramolecular Hbond substituents is 1. The Morgan fingerprint density at radius 3 is 2.64 bits per heavy atom. The maximum absolute atomic E-state index is 13.0. The van der Waals surface area contributed by atoms with Crippen LogP contribution in [0.25, 0.3) is 0 Å². The second kappa shape index (κ2) is 7.34. The minimum Gasteiger partial charge on any atom is -0.508 e. The minimum absolute atomic E-state index is 0.0783. The van der Waals surface area contributed by atoms with E-state index in [1.807, 2.05) is 0 Å².